The van der Waals surface area contributed by atoms with Crippen LogP contribution in [0.4, 0.5) is 5.69 Å². The number of hydrogen-bond acceptors (Lipinski definition) is 4. The summed E-state index contributed by atoms with van der Waals surface area (Å²) in [5.74, 6) is 0.277. The lowest BCUT2D eigenvalue weighted by molar-refractivity contribution is -0.121. The van der Waals surface area contributed by atoms with Gasteiger partial charge in [0.05, 0.1) is 4.90 Å². The Morgan fingerprint density at radius 2 is 1.70 bits per heavy atom. The number of nitrogens with one attached hydrogen (secondary N) is 2. The van der Waals surface area contributed by atoms with E-state index < -0.39 is 10.0 Å². The van der Waals surface area contributed by atoms with E-state index in [-0.39, 0.29) is 23.8 Å². The van der Waals surface area contributed by atoms with Crippen LogP contribution < -0.4 is 14.9 Å². The largest absolute Gasteiger partial charge is 0.371 e. The standard InChI is InChI=1S/C20H25N3O3S/c24-20(11-13-22-27(25,26)19-9-5-2-6-10-19)21-15-17-12-14-23(16-17)18-7-3-1-4-8-18/h1-10,17,22H,11-16H2,(H,21,24). The summed E-state index contributed by atoms with van der Waals surface area (Å²) in [6, 6.07) is 18.4. The van der Waals surface area contributed by atoms with Crippen LogP contribution in [0.2, 0.25) is 0 Å². The smallest absolute Gasteiger partial charge is 0.240 e. The van der Waals surface area contributed by atoms with Crippen LogP contribution in [-0.2, 0) is 14.8 Å². The highest BCUT2D eigenvalue weighted by Gasteiger charge is 2.23. The number of nitrogens with zero attached hydrogens (tertiary/aromatic N) is 1. The fraction of sp³-hybridized carbons (Fsp3) is 0.350. The maximum atomic E-state index is 12.1. The van der Waals surface area contributed by atoms with Gasteiger partial charge in [-0.3, -0.25) is 4.79 Å². The summed E-state index contributed by atoms with van der Waals surface area (Å²) in [5, 5.41) is 2.92. The SMILES string of the molecule is O=C(CCNS(=O)(=O)c1ccccc1)NCC1CCN(c2ccccc2)C1. The number of amides is 1. The molecule has 0 aromatic heterocycles. The van der Waals surface area contributed by atoms with Crippen molar-refractivity contribution in [1.29, 1.82) is 0 Å². The Morgan fingerprint density at radius 3 is 2.41 bits per heavy atom. The first kappa shape index (κ1) is 19.4. The fourth-order valence-corrected chi connectivity index (χ4v) is 4.25. The molecule has 144 valence electrons. The van der Waals surface area contributed by atoms with E-state index >= 15 is 0 Å². The van der Waals surface area contributed by atoms with Gasteiger partial charge >= 0.3 is 0 Å². The van der Waals surface area contributed by atoms with Gasteiger partial charge in [0.15, 0.2) is 0 Å². The number of hydrogen-bond donors (Lipinski definition) is 2. The topological polar surface area (TPSA) is 78.5 Å². The summed E-state index contributed by atoms with van der Waals surface area (Å²) in [6.45, 7) is 2.61. The molecule has 1 fully saturated rings. The molecular weight excluding hydrogens is 362 g/mol. The molecular formula is C20H25N3O3S. The van der Waals surface area contributed by atoms with E-state index in [1.807, 2.05) is 18.2 Å². The van der Waals surface area contributed by atoms with Crippen LogP contribution >= 0.6 is 0 Å². The van der Waals surface area contributed by atoms with Crippen molar-refractivity contribution in [3.63, 3.8) is 0 Å². The molecule has 1 amide bonds. The van der Waals surface area contributed by atoms with Gasteiger partial charge in [-0.2, -0.15) is 0 Å². The predicted molar refractivity (Wildman–Crippen MR) is 106 cm³/mol. The van der Waals surface area contributed by atoms with E-state index in [0.717, 1.165) is 19.5 Å². The van der Waals surface area contributed by atoms with E-state index in [4.69, 9.17) is 0 Å². The molecule has 2 aromatic rings. The minimum absolute atomic E-state index is 0.0872. The predicted octanol–water partition coefficient (Wildman–Crippen LogP) is 2.00. The normalized spacial score (nSPS) is 17.0. The lowest BCUT2D eigenvalue weighted by Gasteiger charge is -2.18. The fourth-order valence-electron chi connectivity index (χ4n) is 3.20. The van der Waals surface area contributed by atoms with Crippen molar-refractivity contribution >= 4 is 21.6 Å². The molecule has 0 radical (unpaired) electrons. The number of carbonyl (C=O) groups excluding carboxylic acids is 1. The van der Waals surface area contributed by atoms with Crippen molar-refractivity contribution in [3.05, 3.63) is 60.7 Å². The third-order valence-corrected chi connectivity index (χ3v) is 6.17. The van der Waals surface area contributed by atoms with Crippen molar-refractivity contribution in [2.24, 2.45) is 5.92 Å². The molecule has 7 heteroatoms. The number of para-hydroxylation sites is 1. The van der Waals surface area contributed by atoms with Crippen molar-refractivity contribution in [1.82, 2.24) is 10.0 Å². The number of sulfonamides is 1. The zero-order valence-corrected chi connectivity index (χ0v) is 16.0. The average Bonchev–Trinajstić information content (AvgIpc) is 3.17. The molecule has 2 aromatic carbocycles. The summed E-state index contributed by atoms with van der Waals surface area (Å²) in [7, 11) is -3.56. The minimum Gasteiger partial charge on any atom is -0.371 e. The zero-order chi connectivity index (χ0) is 19.1. The summed E-state index contributed by atoms with van der Waals surface area (Å²) < 4.78 is 26.7. The number of benzene rings is 2. The van der Waals surface area contributed by atoms with Crippen molar-refractivity contribution in [3.8, 4) is 0 Å². The molecule has 1 atom stereocenters. The second-order valence-electron chi connectivity index (χ2n) is 6.70. The quantitative estimate of drug-likeness (QED) is 0.726. The van der Waals surface area contributed by atoms with E-state index in [1.54, 1.807) is 18.2 Å². The van der Waals surface area contributed by atoms with Crippen LogP contribution in [-0.4, -0.2) is 40.5 Å². The lowest BCUT2D eigenvalue weighted by Crippen LogP contribution is -2.34. The Balaban J connectivity index is 1.37. The Morgan fingerprint density at radius 1 is 1.04 bits per heavy atom. The van der Waals surface area contributed by atoms with Gasteiger partial charge in [-0.05, 0) is 36.6 Å². The van der Waals surface area contributed by atoms with Gasteiger partial charge in [0.25, 0.3) is 0 Å². The van der Waals surface area contributed by atoms with Crippen molar-refractivity contribution in [2.75, 3.05) is 31.1 Å². The van der Waals surface area contributed by atoms with Gasteiger partial charge in [-0.25, -0.2) is 13.1 Å². The van der Waals surface area contributed by atoms with Crippen molar-refractivity contribution < 1.29 is 13.2 Å². The number of rotatable bonds is 8. The molecule has 0 saturated carbocycles. The molecule has 1 aliphatic rings. The van der Waals surface area contributed by atoms with Gasteiger partial charge in [-0.1, -0.05) is 36.4 Å². The number of anilines is 1. The van der Waals surface area contributed by atoms with E-state index in [9.17, 15) is 13.2 Å². The third-order valence-electron chi connectivity index (χ3n) is 4.69. The third kappa shape index (κ3) is 5.55. The highest BCUT2D eigenvalue weighted by Crippen LogP contribution is 2.22. The van der Waals surface area contributed by atoms with Crippen LogP contribution in [0.3, 0.4) is 0 Å². The molecule has 0 spiro atoms. The van der Waals surface area contributed by atoms with E-state index in [2.05, 4.69) is 27.1 Å². The first-order valence-electron chi connectivity index (χ1n) is 9.16. The van der Waals surface area contributed by atoms with Crippen LogP contribution in [0.25, 0.3) is 0 Å². The molecule has 3 rings (SSSR count). The van der Waals surface area contributed by atoms with Gasteiger partial charge < -0.3 is 10.2 Å². The Bertz CT molecular complexity index is 841. The Hall–Kier alpha value is -2.38. The second-order valence-corrected chi connectivity index (χ2v) is 8.47. The van der Waals surface area contributed by atoms with Crippen LogP contribution in [0.1, 0.15) is 12.8 Å². The zero-order valence-electron chi connectivity index (χ0n) is 15.2. The lowest BCUT2D eigenvalue weighted by atomic mass is 10.1. The van der Waals surface area contributed by atoms with Crippen molar-refractivity contribution in [2.45, 2.75) is 17.7 Å². The molecule has 1 heterocycles. The van der Waals surface area contributed by atoms with Crippen LogP contribution in [0.15, 0.2) is 65.6 Å². The van der Waals surface area contributed by atoms with E-state index in [1.165, 1.54) is 17.8 Å². The molecule has 1 saturated heterocycles. The maximum absolute atomic E-state index is 12.1. The molecule has 1 unspecified atom stereocenters. The van der Waals surface area contributed by atoms with Gasteiger partial charge in [-0.15, -0.1) is 0 Å². The summed E-state index contributed by atoms with van der Waals surface area (Å²) >= 11 is 0. The summed E-state index contributed by atoms with van der Waals surface area (Å²) in [5.41, 5.74) is 1.21. The maximum Gasteiger partial charge on any atom is 0.240 e. The number of carbonyl (C=O) groups is 1. The first-order valence-corrected chi connectivity index (χ1v) is 10.6. The summed E-state index contributed by atoms with van der Waals surface area (Å²) in [6.07, 6.45) is 1.16. The van der Waals surface area contributed by atoms with Crippen LogP contribution in [0, 0.1) is 5.92 Å². The molecule has 2 N–H and O–H groups in total. The molecule has 0 aliphatic carbocycles. The Labute approximate surface area is 160 Å². The minimum atomic E-state index is -3.56. The van der Waals surface area contributed by atoms with E-state index in [0.29, 0.717) is 12.5 Å². The molecule has 27 heavy (non-hydrogen) atoms. The van der Waals surface area contributed by atoms with Crippen LogP contribution in [0.5, 0.6) is 0 Å². The average molecular weight is 388 g/mol. The Kier molecular flexibility index (Phi) is 6.47. The summed E-state index contributed by atoms with van der Waals surface area (Å²) in [4.78, 5) is 14.5. The van der Waals surface area contributed by atoms with Gasteiger partial charge in [0, 0.05) is 38.3 Å². The molecule has 1 aliphatic heterocycles. The highest BCUT2D eigenvalue weighted by atomic mass is 32.2. The van der Waals surface area contributed by atoms with Gasteiger partial charge in [0.2, 0.25) is 15.9 Å². The molecule has 0 bridgehead atoms. The first-order chi connectivity index (χ1) is 13.0. The van der Waals surface area contributed by atoms with Gasteiger partial charge in [0.1, 0.15) is 0 Å². The monoisotopic (exact) mass is 387 g/mol. The second kappa shape index (κ2) is 9.01. The highest BCUT2D eigenvalue weighted by molar-refractivity contribution is 7.89. The molecule has 6 nitrogen and oxygen atoms in total.